The molecule has 0 radical (unpaired) electrons. The predicted octanol–water partition coefficient (Wildman–Crippen LogP) is 4.64. The minimum Gasteiger partial charge on any atom is -0.369 e. The van der Waals surface area contributed by atoms with E-state index >= 15 is 0 Å². The van der Waals surface area contributed by atoms with E-state index in [0.717, 1.165) is 37.3 Å². The van der Waals surface area contributed by atoms with Crippen molar-refractivity contribution in [3.8, 4) is 22.5 Å². The Kier molecular flexibility index (Phi) is 6.72. The zero-order chi connectivity index (χ0) is 26.9. The Morgan fingerprint density at radius 1 is 1.05 bits per heavy atom. The second-order valence-electron chi connectivity index (χ2n) is 9.32. The molecule has 0 spiro atoms. The molecule has 6 rings (SSSR count). The van der Waals surface area contributed by atoms with Crippen molar-refractivity contribution in [3.05, 3.63) is 76.0 Å². The molecule has 198 valence electrons. The molecule has 4 heterocycles. The number of hydrogen-bond acceptors (Lipinski definition) is 9. The smallest absolute Gasteiger partial charge is 0.260 e. The van der Waals surface area contributed by atoms with Gasteiger partial charge in [-0.2, -0.15) is 9.97 Å². The van der Waals surface area contributed by atoms with Crippen LogP contribution in [0.3, 0.4) is 0 Å². The third-order valence-corrected chi connectivity index (χ3v) is 7.11. The summed E-state index contributed by atoms with van der Waals surface area (Å²) in [4.78, 5) is 29.4. The molecular formula is C28H27ClN8O2. The summed E-state index contributed by atoms with van der Waals surface area (Å²) in [6.45, 7) is 8.04. The predicted molar refractivity (Wildman–Crippen MR) is 153 cm³/mol. The van der Waals surface area contributed by atoms with Crippen LogP contribution < -0.4 is 21.1 Å². The van der Waals surface area contributed by atoms with Crippen LogP contribution in [0.1, 0.15) is 12.8 Å². The van der Waals surface area contributed by atoms with Gasteiger partial charge in [-0.15, -0.1) is 0 Å². The summed E-state index contributed by atoms with van der Waals surface area (Å²) in [6, 6.07) is 15.4. The number of rotatable bonds is 6. The van der Waals surface area contributed by atoms with E-state index in [-0.39, 0.29) is 5.56 Å². The zero-order valence-electron chi connectivity index (χ0n) is 21.6. The van der Waals surface area contributed by atoms with E-state index in [1.807, 2.05) is 25.1 Å². The lowest BCUT2D eigenvalue weighted by Gasteiger charge is -2.29. The number of halogens is 1. The Hall–Kier alpha value is -4.28. The van der Waals surface area contributed by atoms with Crippen LogP contribution in [-0.2, 0) is 6.54 Å². The summed E-state index contributed by atoms with van der Waals surface area (Å²) in [5.41, 5.74) is 4.22. The van der Waals surface area contributed by atoms with Crippen molar-refractivity contribution < 1.29 is 4.52 Å². The SMILES string of the molecule is CCn1c(=O)c(-c2ccc(-c3noc(C)n3)cc2Cl)cc2cnc(Nc3ccc(N4CCNCC4)cc3)nc21. The molecule has 10 nitrogen and oxygen atoms in total. The Labute approximate surface area is 229 Å². The van der Waals surface area contributed by atoms with Gasteiger partial charge in [-0.1, -0.05) is 28.9 Å². The number of benzene rings is 2. The topological polar surface area (TPSA) is 114 Å². The van der Waals surface area contributed by atoms with Crippen molar-refractivity contribution in [2.24, 2.45) is 0 Å². The molecule has 1 aliphatic heterocycles. The average molecular weight is 543 g/mol. The van der Waals surface area contributed by atoms with Gasteiger partial charge in [0.25, 0.3) is 5.56 Å². The van der Waals surface area contributed by atoms with Crippen LogP contribution in [0.15, 0.2) is 64.0 Å². The molecule has 2 N–H and O–H groups in total. The van der Waals surface area contributed by atoms with Gasteiger partial charge in [-0.05, 0) is 43.3 Å². The van der Waals surface area contributed by atoms with Gasteiger partial charge in [0.05, 0.1) is 0 Å². The third-order valence-electron chi connectivity index (χ3n) is 6.79. The van der Waals surface area contributed by atoms with E-state index in [4.69, 9.17) is 16.1 Å². The fourth-order valence-corrected chi connectivity index (χ4v) is 5.08. The molecule has 39 heavy (non-hydrogen) atoms. The van der Waals surface area contributed by atoms with Crippen LogP contribution in [-0.4, -0.2) is 50.9 Å². The lowest BCUT2D eigenvalue weighted by atomic mass is 10.0. The second-order valence-corrected chi connectivity index (χ2v) is 9.73. The van der Waals surface area contributed by atoms with Crippen LogP contribution in [0.2, 0.25) is 5.02 Å². The van der Waals surface area contributed by atoms with Gasteiger partial charge in [-0.25, -0.2) is 4.98 Å². The van der Waals surface area contributed by atoms with E-state index in [0.29, 0.717) is 51.6 Å². The molecule has 0 saturated carbocycles. The molecular weight excluding hydrogens is 516 g/mol. The van der Waals surface area contributed by atoms with Crippen LogP contribution in [0.5, 0.6) is 0 Å². The van der Waals surface area contributed by atoms with Crippen LogP contribution in [0.25, 0.3) is 33.5 Å². The molecule has 1 aliphatic rings. The third kappa shape index (κ3) is 4.96. The minimum absolute atomic E-state index is 0.180. The summed E-state index contributed by atoms with van der Waals surface area (Å²) in [6.07, 6.45) is 1.72. The Morgan fingerprint density at radius 2 is 1.85 bits per heavy atom. The summed E-state index contributed by atoms with van der Waals surface area (Å²) < 4.78 is 6.70. The highest BCUT2D eigenvalue weighted by atomic mass is 35.5. The molecule has 3 aromatic heterocycles. The largest absolute Gasteiger partial charge is 0.369 e. The molecule has 5 aromatic rings. The highest BCUT2D eigenvalue weighted by Crippen LogP contribution is 2.31. The van der Waals surface area contributed by atoms with E-state index in [1.165, 1.54) is 5.69 Å². The number of fused-ring (bicyclic) bond motifs is 1. The van der Waals surface area contributed by atoms with Gasteiger partial charge in [0, 0.05) is 84.3 Å². The molecule has 2 aromatic carbocycles. The Bertz CT molecular complexity index is 1710. The maximum atomic E-state index is 13.6. The van der Waals surface area contributed by atoms with E-state index in [9.17, 15) is 4.79 Å². The number of piperazine rings is 1. The lowest BCUT2D eigenvalue weighted by Crippen LogP contribution is -2.43. The molecule has 1 saturated heterocycles. The Balaban J connectivity index is 1.30. The van der Waals surface area contributed by atoms with Crippen molar-refractivity contribution in [1.29, 1.82) is 0 Å². The first-order valence-electron chi connectivity index (χ1n) is 12.8. The normalized spacial score (nSPS) is 13.7. The Morgan fingerprint density at radius 3 is 2.54 bits per heavy atom. The summed E-state index contributed by atoms with van der Waals surface area (Å²) in [7, 11) is 0. The lowest BCUT2D eigenvalue weighted by molar-refractivity contribution is 0.394. The second kappa shape index (κ2) is 10.5. The van der Waals surface area contributed by atoms with Crippen molar-refractivity contribution in [2.45, 2.75) is 20.4 Å². The molecule has 0 amide bonds. The minimum atomic E-state index is -0.180. The standard InChI is InChI=1S/C28H27ClN8O2/c1-3-37-26-19(14-23(27(37)38)22-9-4-18(15-24(22)29)25-32-17(2)39-35-25)16-31-28(34-26)33-20-5-7-21(8-6-20)36-12-10-30-11-13-36/h4-9,14-16,30H,3,10-13H2,1-2H3,(H,31,33,34). The number of hydrogen-bond donors (Lipinski definition) is 2. The van der Waals surface area contributed by atoms with Gasteiger partial charge >= 0.3 is 0 Å². The van der Waals surface area contributed by atoms with Crippen LogP contribution in [0, 0.1) is 6.92 Å². The van der Waals surface area contributed by atoms with E-state index < -0.39 is 0 Å². The molecule has 1 fully saturated rings. The van der Waals surface area contributed by atoms with Gasteiger partial charge in [-0.3, -0.25) is 9.36 Å². The molecule has 0 atom stereocenters. The fourth-order valence-electron chi connectivity index (χ4n) is 4.80. The molecule has 11 heteroatoms. The molecule has 0 aliphatic carbocycles. The molecule has 0 unspecified atom stereocenters. The van der Waals surface area contributed by atoms with E-state index in [1.54, 1.807) is 35.9 Å². The number of nitrogens with one attached hydrogen (secondary N) is 2. The van der Waals surface area contributed by atoms with Gasteiger partial charge in [0.15, 0.2) is 0 Å². The number of aryl methyl sites for hydroxylation is 2. The van der Waals surface area contributed by atoms with Crippen molar-refractivity contribution in [3.63, 3.8) is 0 Å². The maximum Gasteiger partial charge on any atom is 0.260 e. The summed E-state index contributed by atoms with van der Waals surface area (Å²) in [5, 5.41) is 11.7. The van der Waals surface area contributed by atoms with E-state index in [2.05, 4.69) is 47.8 Å². The average Bonchev–Trinajstić information content (AvgIpc) is 3.40. The fraction of sp³-hybridized carbons (Fsp3) is 0.250. The first-order valence-corrected chi connectivity index (χ1v) is 13.2. The number of nitrogens with zero attached hydrogens (tertiary/aromatic N) is 6. The number of pyridine rings is 1. The molecule has 0 bridgehead atoms. The first-order chi connectivity index (χ1) is 19.0. The highest BCUT2D eigenvalue weighted by molar-refractivity contribution is 6.33. The monoisotopic (exact) mass is 542 g/mol. The highest BCUT2D eigenvalue weighted by Gasteiger charge is 2.17. The van der Waals surface area contributed by atoms with Crippen molar-refractivity contribution >= 4 is 40.0 Å². The van der Waals surface area contributed by atoms with Gasteiger partial charge in [0.2, 0.25) is 17.7 Å². The van der Waals surface area contributed by atoms with Gasteiger partial charge in [0.1, 0.15) is 5.65 Å². The summed E-state index contributed by atoms with van der Waals surface area (Å²) >= 11 is 6.63. The van der Waals surface area contributed by atoms with Crippen molar-refractivity contribution in [2.75, 3.05) is 36.4 Å². The van der Waals surface area contributed by atoms with Gasteiger partial charge < -0.3 is 20.1 Å². The van der Waals surface area contributed by atoms with Crippen LogP contribution in [0.4, 0.5) is 17.3 Å². The van der Waals surface area contributed by atoms with Crippen molar-refractivity contribution in [1.82, 2.24) is 30.0 Å². The number of aromatic nitrogens is 5. The first kappa shape index (κ1) is 25.0. The summed E-state index contributed by atoms with van der Waals surface area (Å²) in [5.74, 6) is 1.33. The van der Waals surface area contributed by atoms with Crippen LogP contribution >= 0.6 is 11.6 Å². The zero-order valence-corrected chi connectivity index (χ0v) is 22.4. The quantitative estimate of drug-likeness (QED) is 0.316. The number of anilines is 3. The maximum absolute atomic E-state index is 13.6.